The van der Waals surface area contributed by atoms with Gasteiger partial charge >= 0.3 is 0 Å². The van der Waals surface area contributed by atoms with Crippen molar-refractivity contribution in [1.82, 2.24) is 4.90 Å². The quantitative estimate of drug-likeness (QED) is 0.858. The van der Waals surface area contributed by atoms with E-state index in [9.17, 15) is 14.0 Å². The number of primary amides is 1. The van der Waals surface area contributed by atoms with Crippen LogP contribution in [0, 0.1) is 5.82 Å². The van der Waals surface area contributed by atoms with E-state index in [2.05, 4.69) is 0 Å². The van der Waals surface area contributed by atoms with Crippen LogP contribution < -0.4 is 5.73 Å². The summed E-state index contributed by atoms with van der Waals surface area (Å²) in [5.41, 5.74) is 4.63. The molecule has 1 aliphatic heterocycles. The molecule has 0 radical (unpaired) electrons. The smallest absolute Gasteiger partial charge is 0.233 e. The van der Waals surface area contributed by atoms with Gasteiger partial charge in [-0.05, 0) is 30.5 Å². The van der Waals surface area contributed by atoms with Crippen molar-refractivity contribution in [3.8, 4) is 0 Å². The summed E-state index contributed by atoms with van der Waals surface area (Å²) in [5.74, 6) is -0.857. The van der Waals surface area contributed by atoms with Crippen LogP contribution in [-0.4, -0.2) is 55.7 Å². The number of methoxy groups -OCH3 is 1. The summed E-state index contributed by atoms with van der Waals surface area (Å²) in [4.78, 5) is 26.3. The zero-order chi connectivity index (χ0) is 18.1. The summed E-state index contributed by atoms with van der Waals surface area (Å²) in [6.45, 7) is 1.24. The number of carbonyl (C=O) groups is 2. The van der Waals surface area contributed by atoms with Gasteiger partial charge in [-0.1, -0.05) is 12.1 Å². The molecule has 0 bridgehead atoms. The first-order valence-corrected chi connectivity index (χ1v) is 8.37. The van der Waals surface area contributed by atoms with E-state index in [-0.39, 0.29) is 31.3 Å². The van der Waals surface area contributed by atoms with Crippen LogP contribution in [0.4, 0.5) is 4.39 Å². The number of rotatable bonds is 5. The number of halogens is 1. The van der Waals surface area contributed by atoms with Crippen LogP contribution in [0.1, 0.15) is 24.8 Å². The number of amides is 2. The molecule has 1 aromatic carbocycles. The Morgan fingerprint density at radius 1 is 1.32 bits per heavy atom. The van der Waals surface area contributed by atoms with Crippen molar-refractivity contribution in [2.75, 3.05) is 33.4 Å². The van der Waals surface area contributed by atoms with Gasteiger partial charge in [0.15, 0.2) is 0 Å². The third kappa shape index (κ3) is 3.52. The summed E-state index contributed by atoms with van der Waals surface area (Å²) in [7, 11) is 1.49. The highest BCUT2D eigenvalue weighted by molar-refractivity contribution is 5.91. The van der Waals surface area contributed by atoms with Gasteiger partial charge in [-0.3, -0.25) is 9.59 Å². The Balaban J connectivity index is 1.83. The summed E-state index contributed by atoms with van der Waals surface area (Å²) in [6, 6.07) is 6.09. The van der Waals surface area contributed by atoms with Crippen molar-refractivity contribution in [3.05, 3.63) is 35.6 Å². The molecule has 1 heterocycles. The third-order valence-electron chi connectivity index (χ3n) is 5.12. The molecular formula is C18H23FN2O4. The Morgan fingerprint density at radius 3 is 2.56 bits per heavy atom. The molecule has 136 valence electrons. The maximum Gasteiger partial charge on any atom is 0.233 e. The minimum absolute atomic E-state index is 0.0170. The lowest BCUT2D eigenvalue weighted by Gasteiger charge is -2.35. The van der Waals surface area contributed by atoms with Crippen LogP contribution in [0.3, 0.4) is 0 Å². The Bertz CT molecular complexity index is 660. The molecule has 2 amide bonds. The van der Waals surface area contributed by atoms with Crippen LogP contribution in [-0.2, 0) is 24.5 Å². The van der Waals surface area contributed by atoms with Gasteiger partial charge in [0.25, 0.3) is 0 Å². The first kappa shape index (κ1) is 17.8. The van der Waals surface area contributed by atoms with Gasteiger partial charge in [0.05, 0.1) is 31.6 Å². The molecule has 1 saturated carbocycles. The van der Waals surface area contributed by atoms with Crippen molar-refractivity contribution in [2.45, 2.75) is 30.3 Å². The fourth-order valence-electron chi connectivity index (χ4n) is 3.52. The van der Waals surface area contributed by atoms with E-state index in [1.807, 2.05) is 0 Å². The maximum atomic E-state index is 13.2. The molecule has 2 fully saturated rings. The zero-order valence-corrected chi connectivity index (χ0v) is 14.3. The number of hydrogen-bond donors (Lipinski definition) is 1. The number of nitrogens with zero attached hydrogens (tertiary/aromatic N) is 1. The lowest BCUT2D eigenvalue weighted by atomic mass is 9.92. The SMILES string of the molecule is CO[C@@]1(CC(N)=O)COCCN(C(=O)C2(c3ccc(F)cc3)CC2)C1. The lowest BCUT2D eigenvalue weighted by molar-refractivity contribution is -0.141. The first-order valence-electron chi connectivity index (χ1n) is 8.37. The highest BCUT2D eigenvalue weighted by Crippen LogP contribution is 2.50. The highest BCUT2D eigenvalue weighted by atomic mass is 19.1. The number of nitrogens with two attached hydrogens (primary N) is 1. The second kappa shape index (κ2) is 6.72. The average molecular weight is 350 g/mol. The molecule has 1 atom stereocenters. The van der Waals surface area contributed by atoms with Crippen molar-refractivity contribution < 1.29 is 23.5 Å². The average Bonchev–Trinajstić information content (AvgIpc) is 3.39. The van der Waals surface area contributed by atoms with Gasteiger partial charge in [-0.15, -0.1) is 0 Å². The van der Waals surface area contributed by atoms with E-state index in [1.165, 1.54) is 19.2 Å². The molecule has 2 N–H and O–H groups in total. The summed E-state index contributed by atoms with van der Waals surface area (Å²) in [5, 5.41) is 0. The highest BCUT2D eigenvalue weighted by Gasteiger charge is 2.54. The van der Waals surface area contributed by atoms with Gasteiger partial charge in [0, 0.05) is 13.7 Å². The molecule has 3 rings (SSSR count). The largest absolute Gasteiger partial charge is 0.377 e. The fourth-order valence-corrected chi connectivity index (χ4v) is 3.52. The van der Waals surface area contributed by atoms with Crippen LogP contribution in [0.15, 0.2) is 24.3 Å². The van der Waals surface area contributed by atoms with E-state index in [1.54, 1.807) is 17.0 Å². The Labute approximate surface area is 146 Å². The van der Waals surface area contributed by atoms with Gasteiger partial charge in [0.2, 0.25) is 11.8 Å². The van der Waals surface area contributed by atoms with Crippen LogP contribution in [0.5, 0.6) is 0 Å². The summed E-state index contributed by atoms with van der Waals surface area (Å²) >= 11 is 0. The van der Waals surface area contributed by atoms with Crippen LogP contribution >= 0.6 is 0 Å². The molecule has 25 heavy (non-hydrogen) atoms. The Morgan fingerprint density at radius 2 is 2.00 bits per heavy atom. The molecule has 0 spiro atoms. The van der Waals surface area contributed by atoms with E-state index in [0.29, 0.717) is 13.2 Å². The number of benzene rings is 1. The van der Waals surface area contributed by atoms with Crippen molar-refractivity contribution in [2.24, 2.45) is 5.73 Å². The molecule has 1 saturated heterocycles. The molecule has 0 aromatic heterocycles. The molecule has 2 aliphatic rings. The number of ether oxygens (including phenoxy) is 2. The predicted molar refractivity (Wildman–Crippen MR) is 88.3 cm³/mol. The van der Waals surface area contributed by atoms with E-state index >= 15 is 0 Å². The number of carbonyl (C=O) groups excluding carboxylic acids is 2. The predicted octanol–water partition coefficient (Wildman–Crippen LogP) is 0.977. The second-order valence-corrected chi connectivity index (χ2v) is 6.90. The normalized spacial score (nSPS) is 25.3. The van der Waals surface area contributed by atoms with E-state index < -0.39 is 16.9 Å². The molecule has 1 aliphatic carbocycles. The molecule has 1 aromatic rings. The van der Waals surface area contributed by atoms with E-state index in [4.69, 9.17) is 15.2 Å². The molecule has 7 heteroatoms. The number of hydrogen-bond acceptors (Lipinski definition) is 4. The molecule has 6 nitrogen and oxygen atoms in total. The monoisotopic (exact) mass is 350 g/mol. The fraction of sp³-hybridized carbons (Fsp3) is 0.556. The topological polar surface area (TPSA) is 81.9 Å². The Kier molecular flexibility index (Phi) is 4.79. The van der Waals surface area contributed by atoms with E-state index in [0.717, 1.165) is 18.4 Å². The molecule has 0 unspecified atom stereocenters. The minimum atomic E-state index is -0.934. The zero-order valence-electron chi connectivity index (χ0n) is 14.3. The van der Waals surface area contributed by atoms with Crippen molar-refractivity contribution in [3.63, 3.8) is 0 Å². The van der Waals surface area contributed by atoms with Crippen LogP contribution in [0.25, 0.3) is 0 Å². The maximum absolute atomic E-state index is 13.2. The lowest BCUT2D eigenvalue weighted by Crippen LogP contribution is -2.52. The molecular weight excluding hydrogens is 327 g/mol. The van der Waals surface area contributed by atoms with Crippen molar-refractivity contribution in [1.29, 1.82) is 0 Å². The standard InChI is InChI=1S/C18H23FN2O4/c1-24-17(10-15(20)22)11-21(8-9-25-12-17)16(23)18(6-7-18)13-2-4-14(19)5-3-13/h2-5H,6-12H2,1H3,(H2,20,22)/t17-/m1/s1. The first-order chi connectivity index (χ1) is 11.9. The van der Waals surface area contributed by atoms with Crippen LogP contribution in [0.2, 0.25) is 0 Å². The summed E-state index contributed by atoms with van der Waals surface area (Å²) < 4.78 is 24.3. The third-order valence-corrected chi connectivity index (χ3v) is 5.12. The van der Waals surface area contributed by atoms with Gasteiger partial charge in [-0.2, -0.15) is 0 Å². The van der Waals surface area contributed by atoms with Gasteiger partial charge in [-0.25, -0.2) is 4.39 Å². The minimum Gasteiger partial charge on any atom is -0.377 e. The van der Waals surface area contributed by atoms with Crippen molar-refractivity contribution >= 4 is 11.8 Å². The summed E-state index contributed by atoms with van der Waals surface area (Å²) in [6.07, 6.45) is 1.44. The second-order valence-electron chi connectivity index (χ2n) is 6.90. The van der Waals surface area contributed by atoms with Gasteiger partial charge in [0.1, 0.15) is 11.4 Å². The Hall–Kier alpha value is -1.99. The van der Waals surface area contributed by atoms with Gasteiger partial charge < -0.3 is 20.1 Å².